The molecule has 1 heterocycles. The highest BCUT2D eigenvalue weighted by molar-refractivity contribution is 5.26. The molecule has 1 fully saturated rings. The van der Waals surface area contributed by atoms with E-state index in [0.29, 0.717) is 12.8 Å². The van der Waals surface area contributed by atoms with Gasteiger partial charge in [0.1, 0.15) is 0 Å². The van der Waals surface area contributed by atoms with Crippen molar-refractivity contribution in [1.82, 2.24) is 9.78 Å². The number of aliphatic hydroxyl groups is 1. The smallest absolute Gasteiger partial charge is 0.0681 e. The first-order valence-electron chi connectivity index (χ1n) is 5.74. The van der Waals surface area contributed by atoms with Crippen LogP contribution in [0.15, 0.2) is 6.07 Å². The van der Waals surface area contributed by atoms with E-state index in [9.17, 15) is 5.11 Å². The fourth-order valence-electron chi connectivity index (χ4n) is 2.29. The Balaban J connectivity index is 2.33. The number of aliphatic hydroxyl groups excluding tert-OH is 1. The minimum absolute atomic E-state index is 0.0364. The Kier molecular flexibility index (Phi) is 2.40. The van der Waals surface area contributed by atoms with Crippen molar-refractivity contribution >= 4 is 0 Å². The average molecular weight is 223 g/mol. The minimum atomic E-state index is -0.384. The Bertz CT molecular complexity index is 397. The van der Waals surface area contributed by atoms with E-state index in [2.05, 4.69) is 31.9 Å². The zero-order valence-corrected chi connectivity index (χ0v) is 10.5. The van der Waals surface area contributed by atoms with Crippen LogP contribution in [0.1, 0.15) is 45.0 Å². The molecule has 4 nitrogen and oxygen atoms in total. The molecule has 0 saturated heterocycles. The van der Waals surface area contributed by atoms with Gasteiger partial charge in [-0.3, -0.25) is 4.68 Å². The Hall–Kier alpha value is -0.870. The fraction of sp³-hybridized carbons (Fsp3) is 0.750. The summed E-state index contributed by atoms with van der Waals surface area (Å²) in [5.74, 6) is 0. The normalized spacial score (nSPS) is 30.2. The second kappa shape index (κ2) is 3.31. The molecule has 1 aromatic heterocycles. The molecule has 1 saturated carbocycles. The van der Waals surface area contributed by atoms with E-state index >= 15 is 0 Å². The summed E-state index contributed by atoms with van der Waals surface area (Å²) in [6.07, 6.45) is 1.02. The molecule has 0 radical (unpaired) electrons. The van der Waals surface area contributed by atoms with Gasteiger partial charge in [-0.25, -0.2) is 0 Å². The van der Waals surface area contributed by atoms with Crippen LogP contribution < -0.4 is 5.73 Å². The summed E-state index contributed by atoms with van der Waals surface area (Å²) >= 11 is 0. The number of rotatable bonds is 1. The Morgan fingerprint density at radius 2 is 2.06 bits per heavy atom. The van der Waals surface area contributed by atoms with Crippen molar-refractivity contribution in [2.45, 2.75) is 50.7 Å². The van der Waals surface area contributed by atoms with Crippen molar-refractivity contribution in [3.05, 3.63) is 17.5 Å². The lowest BCUT2D eigenvalue weighted by molar-refractivity contribution is 0.0170. The van der Waals surface area contributed by atoms with Crippen LogP contribution in [-0.2, 0) is 18.0 Å². The molecular formula is C12H21N3O. The minimum Gasteiger partial charge on any atom is -0.393 e. The zero-order valence-electron chi connectivity index (χ0n) is 10.5. The lowest BCUT2D eigenvalue weighted by Crippen LogP contribution is -2.52. The molecule has 3 N–H and O–H groups in total. The van der Waals surface area contributed by atoms with Gasteiger partial charge in [0.2, 0.25) is 0 Å². The Labute approximate surface area is 96.5 Å². The molecule has 1 aliphatic carbocycles. The second-order valence-electron chi connectivity index (χ2n) is 6.01. The van der Waals surface area contributed by atoms with Crippen LogP contribution in [0.3, 0.4) is 0 Å². The first kappa shape index (κ1) is 11.6. The molecule has 2 rings (SSSR count). The highest BCUT2D eigenvalue weighted by Gasteiger charge is 2.44. The zero-order chi connectivity index (χ0) is 12.1. The van der Waals surface area contributed by atoms with Gasteiger partial charge in [0.05, 0.1) is 23.0 Å². The van der Waals surface area contributed by atoms with Gasteiger partial charge < -0.3 is 10.8 Å². The maximum Gasteiger partial charge on any atom is 0.0681 e. The fourth-order valence-corrected chi connectivity index (χ4v) is 2.29. The third-order valence-corrected chi connectivity index (χ3v) is 3.36. The third kappa shape index (κ3) is 1.76. The summed E-state index contributed by atoms with van der Waals surface area (Å²) in [4.78, 5) is 0. The molecule has 0 unspecified atom stereocenters. The van der Waals surface area contributed by atoms with E-state index in [1.54, 1.807) is 0 Å². The number of nitrogens with zero attached hydrogens (tertiary/aromatic N) is 2. The maximum absolute atomic E-state index is 9.39. The van der Waals surface area contributed by atoms with Gasteiger partial charge in [-0.05, 0) is 18.9 Å². The molecule has 1 aliphatic rings. The maximum atomic E-state index is 9.39. The summed E-state index contributed by atoms with van der Waals surface area (Å²) in [6, 6.07) is 2.08. The second-order valence-corrected chi connectivity index (χ2v) is 6.01. The molecule has 0 atom stereocenters. The lowest BCUT2D eigenvalue weighted by atomic mass is 9.72. The molecule has 16 heavy (non-hydrogen) atoms. The molecule has 90 valence electrons. The van der Waals surface area contributed by atoms with Crippen LogP contribution in [0, 0.1) is 0 Å². The number of hydrogen-bond acceptors (Lipinski definition) is 3. The van der Waals surface area contributed by atoms with Gasteiger partial charge in [-0.2, -0.15) is 5.10 Å². The molecule has 1 aromatic rings. The number of aryl methyl sites for hydroxylation is 1. The standard InChI is InChI=1S/C12H21N3O/c1-11(2,3)9-5-10(15(4)14-9)12(13)6-8(16)7-12/h5,8,16H,6-7,13H2,1-4H3. The topological polar surface area (TPSA) is 64.1 Å². The Morgan fingerprint density at radius 1 is 1.50 bits per heavy atom. The van der Waals surface area contributed by atoms with E-state index < -0.39 is 0 Å². The number of hydrogen-bond donors (Lipinski definition) is 2. The number of nitrogens with two attached hydrogens (primary N) is 1. The van der Waals surface area contributed by atoms with Gasteiger partial charge in [0, 0.05) is 12.5 Å². The van der Waals surface area contributed by atoms with Crippen molar-refractivity contribution in [2.75, 3.05) is 0 Å². The number of aromatic nitrogens is 2. The highest BCUT2D eigenvalue weighted by atomic mass is 16.3. The summed E-state index contributed by atoms with van der Waals surface area (Å²) in [5.41, 5.74) is 7.99. The van der Waals surface area contributed by atoms with Gasteiger partial charge in [-0.1, -0.05) is 20.8 Å². The first-order valence-corrected chi connectivity index (χ1v) is 5.74. The summed E-state index contributed by atoms with van der Waals surface area (Å²) in [6.45, 7) is 6.41. The van der Waals surface area contributed by atoms with Crippen molar-refractivity contribution < 1.29 is 5.11 Å². The van der Waals surface area contributed by atoms with Gasteiger partial charge in [0.25, 0.3) is 0 Å². The average Bonchev–Trinajstić information content (AvgIpc) is 2.44. The summed E-state index contributed by atoms with van der Waals surface area (Å²) in [7, 11) is 1.92. The quantitative estimate of drug-likeness (QED) is 0.747. The Morgan fingerprint density at radius 3 is 2.44 bits per heavy atom. The molecular weight excluding hydrogens is 202 g/mol. The summed E-state index contributed by atoms with van der Waals surface area (Å²) in [5, 5.41) is 13.9. The predicted octanol–water partition coefficient (Wildman–Crippen LogP) is 1.03. The van der Waals surface area contributed by atoms with Crippen LogP contribution in [0.25, 0.3) is 0 Å². The van der Waals surface area contributed by atoms with Gasteiger partial charge in [0.15, 0.2) is 0 Å². The monoisotopic (exact) mass is 223 g/mol. The largest absolute Gasteiger partial charge is 0.393 e. The van der Waals surface area contributed by atoms with Gasteiger partial charge in [-0.15, -0.1) is 0 Å². The van der Waals surface area contributed by atoms with E-state index in [1.165, 1.54) is 0 Å². The molecule has 0 amide bonds. The first-order chi connectivity index (χ1) is 7.22. The lowest BCUT2D eigenvalue weighted by Gasteiger charge is -2.42. The van der Waals surface area contributed by atoms with Crippen molar-refractivity contribution in [2.24, 2.45) is 12.8 Å². The molecule has 0 aromatic carbocycles. The van der Waals surface area contributed by atoms with Crippen LogP contribution in [0.2, 0.25) is 0 Å². The SMILES string of the molecule is Cn1nc(C(C)(C)C)cc1C1(N)CC(O)C1. The van der Waals surface area contributed by atoms with E-state index in [0.717, 1.165) is 11.4 Å². The molecule has 4 heteroatoms. The van der Waals surface area contributed by atoms with Gasteiger partial charge >= 0.3 is 0 Å². The van der Waals surface area contributed by atoms with Crippen molar-refractivity contribution in [3.8, 4) is 0 Å². The predicted molar refractivity (Wildman–Crippen MR) is 63.0 cm³/mol. The van der Waals surface area contributed by atoms with E-state index in [-0.39, 0.29) is 17.1 Å². The van der Waals surface area contributed by atoms with Crippen LogP contribution in [-0.4, -0.2) is 21.0 Å². The van der Waals surface area contributed by atoms with Crippen molar-refractivity contribution in [3.63, 3.8) is 0 Å². The van der Waals surface area contributed by atoms with Crippen LogP contribution in [0.4, 0.5) is 0 Å². The van der Waals surface area contributed by atoms with Crippen LogP contribution >= 0.6 is 0 Å². The molecule has 0 spiro atoms. The van der Waals surface area contributed by atoms with Crippen LogP contribution in [0.5, 0.6) is 0 Å². The molecule has 0 bridgehead atoms. The molecule has 0 aliphatic heterocycles. The third-order valence-electron chi connectivity index (χ3n) is 3.36. The van der Waals surface area contributed by atoms with E-state index in [1.807, 2.05) is 11.7 Å². The highest BCUT2D eigenvalue weighted by Crippen LogP contribution is 2.39. The van der Waals surface area contributed by atoms with E-state index in [4.69, 9.17) is 5.73 Å². The van der Waals surface area contributed by atoms with Crippen molar-refractivity contribution in [1.29, 1.82) is 0 Å². The summed E-state index contributed by atoms with van der Waals surface area (Å²) < 4.78 is 1.85.